The second kappa shape index (κ2) is 7.67. The van der Waals surface area contributed by atoms with E-state index in [9.17, 15) is 14.9 Å². The number of fused-ring (bicyclic) bond motifs is 3. The minimum Gasteiger partial charge on any atom is -0.462 e. The Morgan fingerprint density at radius 1 is 1.15 bits per heavy atom. The van der Waals surface area contributed by atoms with Crippen LogP contribution in [0.5, 0.6) is 0 Å². The highest BCUT2D eigenvalue weighted by Crippen LogP contribution is 2.62. The highest BCUT2D eigenvalue weighted by atomic mass is 16.6. The van der Waals surface area contributed by atoms with Crippen molar-refractivity contribution < 1.29 is 19.2 Å². The molecule has 8 heteroatoms. The topological polar surface area (TPSA) is 88.5 Å². The quantitative estimate of drug-likeness (QED) is 0.298. The van der Waals surface area contributed by atoms with Crippen molar-refractivity contribution in [3.8, 4) is 0 Å². The van der Waals surface area contributed by atoms with Crippen LogP contribution in [-0.4, -0.2) is 66.8 Å². The van der Waals surface area contributed by atoms with Crippen molar-refractivity contribution in [3.05, 3.63) is 34.4 Å². The summed E-state index contributed by atoms with van der Waals surface area (Å²) in [6.07, 6.45) is 5.73. The van der Waals surface area contributed by atoms with Crippen molar-refractivity contribution in [1.29, 1.82) is 0 Å². The lowest BCUT2D eigenvalue weighted by Gasteiger charge is -2.51. The molecule has 0 unspecified atom stereocenters. The second-order valence-corrected chi connectivity index (χ2v) is 11.2. The molecule has 1 spiro atoms. The number of benzene rings is 1. The van der Waals surface area contributed by atoms with Gasteiger partial charge < -0.3 is 14.4 Å². The van der Waals surface area contributed by atoms with Gasteiger partial charge in [0.15, 0.2) is 0 Å². The molecule has 1 aromatic rings. The first-order valence-electron chi connectivity index (χ1n) is 12.4. The zero-order chi connectivity index (χ0) is 22.8. The average Bonchev–Trinajstić information content (AvgIpc) is 3.51. The van der Waals surface area contributed by atoms with Crippen LogP contribution < -0.4 is 4.90 Å². The number of carbonyl (C=O) groups excluding carboxylic acids is 1. The molecule has 8 nitrogen and oxygen atoms in total. The minimum atomic E-state index is -0.367. The van der Waals surface area contributed by atoms with Gasteiger partial charge in [0.25, 0.3) is 5.69 Å². The number of hydrogen-bond acceptors (Lipinski definition) is 7. The molecular formula is C25H33N3O5. The van der Waals surface area contributed by atoms with Crippen LogP contribution in [0.2, 0.25) is 0 Å². The van der Waals surface area contributed by atoms with Gasteiger partial charge in [-0.15, -0.1) is 0 Å². The molecule has 0 amide bonds. The van der Waals surface area contributed by atoms with Crippen LogP contribution in [-0.2, 0) is 14.3 Å². The molecule has 2 aliphatic carbocycles. The molecule has 5 aliphatic rings. The molecule has 5 fully saturated rings. The summed E-state index contributed by atoms with van der Waals surface area (Å²) in [4.78, 5) is 28.1. The van der Waals surface area contributed by atoms with Crippen molar-refractivity contribution in [2.75, 3.05) is 44.2 Å². The lowest BCUT2D eigenvalue weighted by Crippen LogP contribution is -2.52. The van der Waals surface area contributed by atoms with Gasteiger partial charge in [-0.05, 0) is 55.6 Å². The number of epoxide rings is 1. The number of nitro groups is 1. The van der Waals surface area contributed by atoms with E-state index in [-0.39, 0.29) is 39.6 Å². The number of ether oxygens (including phenoxy) is 2. The van der Waals surface area contributed by atoms with Gasteiger partial charge in [0.05, 0.1) is 23.0 Å². The number of non-ortho nitro benzene ring substituents is 1. The standard InChI is InChI=1S/C25H33N3O5/c1-24-7-2-8-25(16-32-25)22(24)13-19-20(23(29)33-21(19)14-24)15-26-9-11-27(12-10-26)17-3-5-18(6-4-17)28(30)31/h3-6,19-22H,2,7-16H2,1H3/t19-,20+,21-,22+,24-,25+/m1/s1. The number of esters is 1. The van der Waals surface area contributed by atoms with E-state index in [1.54, 1.807) is 12.1 Å². The number of anilines is 1. The van der Waals surface area contributed by atoms with Gasteiger partial charge in [-0.1, -0.05) is 6.92 Å². The van der Waals surface area contributed by atoms with Crippen molar-refractivity contribution in [3.63, 3.8) is 0 Å². The van der Waals surface area contributed by atoms with Gasteiger partial charge in [-0.3, -0.25) is 19.8 Å². The Kier molecular flexibility index (Phi) is 4.96. The van der Waals surface area contributed by atoms with Crippen LogP contribution in [0.4, 0.5) is 11.4 Å². The number of carbonyl (C=O) groups is 1. The fourth-order valence-corrected chi connectivity index (χ4v) is 7.42. The lowest BCUT2D eigenvalue weighted by atomic mass is 9.53. The number of piperazine rings is 1. The summed E-state index contributed by atoms with van der Waals surface area (Å²) in [7, 11) is 0. The molecule has 1 aromatic carbocycles. The van der Waals surface area contributed by atoms with Crippen LogP contribution >= 0.6 is 0 Å². The fraction of sp³-hybridized carbons (Fsp3) is 0.720. The molecule has 6 atom stereocenters. The third-order valence-corrected chi connectivity index (χ3v) is 9.33. The smallest absolute Gasteiger partial charge is 0.310 e. The summed E-state index contributed by atoms with van der Waals surface area (Å²) < 4.78 is 12.0. The van der Waals surface area contributed by atoms with E-state index in [2.05, 4.69) is 16.7 Å². The monoisotopic (exact) mass is 455 g/mol. The summed E-state index contributed by atoms with van der Waals surface area (Å²) in [6.45, 7) is 7.53. The fourth-order valence-electron chi connectivity index (χ4n) is 7.42. The van der Waals surface area contributed by atoms with Crippen LogP contribution in [0.25, 0.3) is 0 Å². The van der Waals surface area contributed by atoms with Crippen molar-refractivity contribution in [2.45, 2.75) is 50.7 Å². The Morgan fingerprint density at radius 2 is 1.88 bits per heavy atom. The SMILES string of the molecule is C[C@]12CCC[C@]3(CO3)[C@H]1C[C@@H]1[C@H](CN3CCN(c4ccc([N+](=O)[O-])cc4)CC3)C(=O)O[C@@H]1C2. The van der Waals surface area contributed by atoms with Crippen molar-refractivity contribution in [2.24, 2.45) is 23.2 Å². The molecule has 0 N–H and O–H groups in total. The third-order valence-electron chi connectivity index (χ3n) is 9.33. The molecule has 3 saturated heterocycles. The Hall–Kier alpha value is -2.19. The number of rotatable bonds is 4. The highest BCUT2D eigenvalue weighted by Gasteiger charge is 2.65. The van der Waals surface area contributed by atoms with Gasteiger partial charge in [-0.25, -0.2) is 0 Å². The first-order chi connectivity index (χ1) is 15.9. The zero-order valence-electron chi connectivity index (χ0n) is 19.3. The van der Waals surface area contributed by atoms with Gasteiger partial charge in [0.1, 0.15) is 6.10 Å². The summed E-state index contributed by atoms with van der Waals surface area (Å²) in [5.41, 5.74) is 1.46. The largest absolute Gasteiger partial charge is 0.462 e. The van der Waals surface area contributed by atoms with Gasteiger partial charge in [0.2, 0.25) is 0 Å². The second-order valence-electron chi connectivity index (χ2n) is 11.2. The van der Waals surface area contributed by atoms with Crippen molar-refractivity contribution in [1.82, 2.24) is 4.90 Å². The number of nitrogens with zero attached hydrogens (tertiary/aromatic N) is 3. The summed E-state index contributed by atoms with van der Waals surface area (Å²) in [6, 6.07) is 6.78. The lowest BCUT2D eigenvalue weighted by molar-refractivity contribution is -0.384. The van der Waals surface area contributed by atoms with E-state index in [4.69, 9.17) is 9.47 Å². The van der Waals surface area contributed by atoms with E-state index >= 15 is 0 Å². The average molecular weight is 456 g/mol. The van der Waals surface area contributed by atoms with Gasteiger partial charge in [-0.2, -0.15) is 0 Å². The number of hydrogen-bond donors (Lipinski definition) is 0. The molecular weight excluding hydrogens is 422 g/mol. The summed E-state index contributed by atoms with van der Waals surface area (Å²) >= 11 is 0. The number of nitro benzene ring substituents is 1. The first-order valence-corrected chi connectivity index (χ1v) is 12.4. The van der Waals surface area contributed by atoms with E-state index in [0.29, 0.717) is 11.8 Å². The first kappa shape index (κ1) is 21.4. The molecule has 6 rings (SSSR count). The summed E-state index contributed by atoms with van der Waals surface area (Å²) in [5, 5.41) is 10.9. The van der Waals surface area contributed by atoms with Gasteiger partial charge in [0, 0.05) is 56.5 Å². The zero-order valence-corrected chi connectivity index (χ0v) is 19.3. The Labute approximate surface area is 194 Å². The van der Waals surface area contributed by atoms with Crippen LogP contribution in [0, 0.1) is 33.3 Å². The maximum Gasteiger partial charge on any atom is 0.310 e. The van der Waals surface area contributed by atoms with Crippen LogP contribution in [0.3, 0.4) is 0 Å². The van der Waals surface area contributed by atoms with Gasteiger partial charge >= 0.3 is 5.97 Å². The highest BCUT2D eigenvalue weighted by molar-refractivity contribution is 5.75. The molecule has 0 bridgehead atoms. The Morgan fingerprint density at radius 3 is 2.55 bits per heavy atom. The van der Waals surface area contributed by atoms with Crippen LogP contribution in [0.15, 0.2) is 24.3 Å². The Balaban J connectivity index is 1.09. The molecule has 2 saturated carbocycles. The van der Waals surface area contributed by atoms with E-state index in [0.717, 1.165) is 57.9 Å². The third kappa shape index (κ3) is 3.62. The molecule has 3 heterocycles. The maximum absolute atomic E-state index is 12.9. The molecule has 33 heavy (non-hydrogen) atoms. The maximum atomic E-state index is 12.9. The van der Waals surface area contributed by atoms with Crippen molar-refractivity contribution >= 4 is 17.3 Å². The van der Waals surface area contributed by atoms with E-state index in [1.165, 1.54) is 19.3 Å². The molecule has 178 valence electrons. The summed E-state index contributed by atoms with van der Waals surface area (Å²) in [5.74, 6) is 0.817. The molecule has 3 aliphatic heterocycles. The molecule has 0 aromatic heterocycles. The normalized spacial score (nSPS) is 40.3. The van der Waals surface area contributed by atoms with Crippen LogP contribution in [0.1, 0.15) is 39.0 Å². The Bertz CT molecular complexity index is 940. The predicted octanol–water partition coefficient (Wildman–Crippen LogP) is 3.24. The van der Waals surface area contributed by atoms with E-state index < -0.39 is 0 Å². The molecule has 0 radical (unpaired) electrons. The predicted molar refractivity (Wildman–Crippen MR) is 122 cm³/mol. The van der Waals surface area contributed by atoms with E-state index in [1.807, 2.05) is 12.1 Å². The minimum absolute atomic E-state index is 0.00388.